The summed E-state index contributed by atoms with van der Waals surface area (Å²) in [4.78, 5) is 28.1. The van der Waals surface area contributed by atoms with E-state index in [1.54, 1.807) is 55.1 Å². The molecule has 0 heterocycles. The third-order valence-corrected chi connectivity index (χ3v) is 8.07. The van der Waals surface area contributed by atoms with E-state index in [0.29, 0.717) is 29.6 Å². The quantitative estimate of drug-likeness (QED) is 0.319. The Balaban J connectivity index is 1.69. The summed E-state index contributed by atoms with van der Waals surface area (Å²) >= 11 is 11.9. The standard InChI is InChI=1S/C28H31Cl2N3O4S/c1-3-32-38(36,37)26-15-8-21(9-16-26)10-17-27(34)33(19-23-6-13-25(30)14-7-23)20(2)28(35)31-18-22-4-11-24(29)12-5-22/h4-9,11-16,20,32H,3,10,17-19H2,1-2H3,(H,31,35). The van der Waals surface area contributed by atoms with Crippen LogP contribution in [0.25, 0.3) is 0 Å². The fourth-order valence-electron chi connectivity index (χ4n) is 3.81. The highest BCUT2D eigenvalue weighted by Gasteiger charge is 2.26. The first-order chi connectivity index (χ1) is 18.1. The lowest BCUT2D eigenvalue weighted by Crippen LogP contribution is -2.47. The van der Waals surface area contributed by atoms with Crippen LogP contribution in [0.5, 0.6) is 0 Å². The van der Waals surface area contributed by atoms with Crippen molar-refractivity contribution in [3.05, 3.63) is 99.5 Å². The lowest BCUT2D eigenvalue weighted by molar-refractivity contribution is -0.140. The molecule has 7 nitrogen and oxygen atoms in total. The van der Waals surface area contributed by atoms with E-state index in [9.17, 15) is 18.0 Å². The van der Waals surface area contributed by atoms with Gasteiger partial charge in [-0.1, -0.05) is 66.5 Å². The average Bonchev–Trinajstić information content (AvgIpc) is 2.90. The van der Waals surface area contributed by atoms with Gasteiger partial charge in [-0.2, -0.15) is 0 Å². The molecule has 1 unspecified atom stereocenters. The highest BCUT2D eigenvalue weighted by atomic mass is 35.5. The summed E-state index contributed by atoms with van der Waals surface area (Å²) in [7, 11) is -3.54. The molecule has 2 amide bonds. The van der Waals surface area contributed by atoms with Gasteiger partial charge in [0.25, 0.3) is 0 Å². The first kappa shape index (κ1) is 29.6. The summed E-state index contributed by atoms with van der Waals surface area (Å²) in [5.41, 5.74) is 2.56. The molecule has 0 radical (unpaired) electrons. The van der Waals surface area contributed by atoms with Crippen molar-refractivity contribution in [1.82, 2.24) is 14.9 Å². The summed E-state index contributed by atoms with van der Waals surface area (Å²) in [6.07, 6.45) is 0.554. The van der Waals surface area contributed by atoms with Gasteiger partial charge in [0.1, 0.15) is 6.04 Å². The minimum atomic E-state index is -3.54. The number of hydrogen-bond donors (Lipinski definition) is 2. The van der Waals surface area contributed by atoms with Gasteiger partial charge in [0.15, 0.2) is 0 Å². The topological polar surface area (TPSA) is 95.6 Å². The minimum Gasteiger partial charge on any atom is -0.350 e. The molecule has 0 saturated carbocycles. The Morgan fingerprint density at radius 2 is 1.37 bits per heavy atom. The molecule has 0 aromatic heterocycles. The van der Waals surface area contributed by atoms with E-state index in [2.05, 4.69) is 10.0 Å². The number of halogens is 2. The van der Waals surface area contributed by atoms with E-state index in [1.807, 2.05) is 24.3 Å². The van der Waals surface area contributed by atoms with E-state index < -0.39 is 16.1 Å². The van der Waals surface area contributed by atoms with Gasteiger partial charge < -0.3 is 10.2 Å². The van der Waals surface area contributed by atoms with E-state index in [4.69, 9.17) is 23.2 Å². The number of hydrogen-bond acceptors (Lipinski definition) is 4. The Morgan fingerprint density at radius 3 is 1.92 bits per heavy atom. The van der Waals surface area contributed by atoms with Crippen molar-refractivity contribution in [3.8, 4) is 0 Å². The molecule has 38 heavy (non-hydrogen) atoms. The number of nitrogens with zero attached hydrogens (tertiary/aromatic N) is 1. The minimum absolute atomic E-state index is 0.154. The Labute approximate surface area is 234 Å². The maximum absolute atomic E-state index is 13.4. The Kier molecular flexibility index (Phi) is 10.7. The Morgan fingerprint density at radius 1 is 0.842 bits per heavy atom. The van der Waals surface area contributed by atoms with Crippen LogP contribution >= 0.6 is 23.2 Å². The van der Waals surface area contributed by atoms with Crippen molar-refractivity contribution in [2.45, 2.75) is 50.7 Å². The highest BCUT2D eigenvalue weighted by Crippen LogP contribution is 2.17. The number of benzene rings is 3. The van der Waals surface area contributed by atoms with Crippen LogP contribution in [-0.4, -0.2) is 37.7 Å². The number of aryl methyl sites for hydroxylation is 1. The highest BCUT2D eigenvalue weighted by molar-refractivity contribution is 7.89. The lowest BCUT2D eigenvalue weighted by atomic mass is 10.1. The van der Waals surface area contributed by atoms with E-state index in [-0.39, 0.29) is 29.7 Å². The van der Waals surface area contributed by atoms with Gasteiger partial charge in [-0.3, -0.25) is 9.59 Å². The predicted molar refractivity (Wildman–Crippen MR) is 150 cm³/mol. The second kappa shape index (κ2) is 13.8. The molecule has 0 saturated heterocycles. The number of rotatable bonds is 12. The van der Waals surface area contributed by atoms with E-state index in [0.717, 1.165) is 16.7 Å². The van der Waals surface area contributed by atoms with Gasteiger partial charge in [0.05, 0.1) is 4.90 Å². The van der Waals surface area contributed by atoms with Crippen molar-refractivity contribution in [2.24, 2.45) is 0 Å². The SMILES string of the molecule is CCNS(=O)(=O)c1ccc(CCC(=O)N(Cc2ccc(Cl)cc2)C(C)C(=O)NCc2ccc(Cl)cc2)cc1. The van der Waals surface area contributed by atoms with Crippen LogP contribution < -0.4 is 10.0 Å². The number of amides is 2. The molecule has 2 N–H and O–H groups in total. The zero-order valence-electron chi connectivity index (χ0n) is 21.3. The van der Waals surface area contributed by atoms with Crippen molar-refractivity contribution in [1.29, 1.82) is 0 Å². The van der Waals surface area contributed by atoms with Gasteiger partial charge in [-0.15, -0.1) is 0 Å². The van der Waals surface area contributed by atoms with Crippen LogP contribution in [0.15, 0.2) is 77.7 Å². The first-order valence-corrected chi connectivity index (χ1v) is 14.5. The molecule has 3 aromatic rings. The molecule has 3 aromatic carbocycles. The van der Waals surface area contributed by atoms with Gasteiger partial charge >= 0.3 is 0 Å². The number of carbonyl (C=O) groups excluding carboxylic acids is 2. The number of carbonyl (C=O) groups is 2. The van der Waals surface area contributed by atoms with Gasteiger partial charge in [-0.05, 0) is 66.4 Å². The summed E-state index contributed by atoms with van der Waals surface area (Å²) in [6.45, 7) is 4.27. The van der Waals surface area contributed by atoms with Gasteiger partial charge in [0.2, 0.25) is 21.8 Å². The Hall–Kier alpha value is -2.91. The third-order valence-electron chi connectivity index (χ3n) is 6.01. The molecule has 3 rings (SSSR count). The normalized spacial score (nSPS) is 12.1. The van der Waals surface area contributed by atoms with Crippen LogP contribution in [0.1, 0.15) is 37.0 Å². The Bertz CT molecular complexity index is 1330. The number of sulfonamides is 1. The van der Waals surface area contributed by atoms with Crippen molar-refractivity contribution < 1.29 is 18.0 Å². The monoisotopic (exact) mass is 575 g/mol. The fourth-order valence-corrected chi connectivity index (χ4v) is 5.10. The second-order valence-electron chi connectivity index (χ2n) is 8.81. The van der Waals surface area contributed by atoms with Gasteiger partial charge in [-0.25, -0.2) is 13.1 Å². The van der Waals surface area contributed by atoms with Crippen LogP contribution in [0, 0.1) is 0 Å². The van der Waals surface area contributed by atoms with Crippen LogP contribution in [-0.2, 0) is 39.1 Å². The molecule has 0 aliphatic rings. The molecule has 0 aliphatic carbocycles. The lowest BCUT2D eigenvalue weighted by Gasteiger charge is -2.29. The second-order valence-corrected chi connectivity index (χ2v) is 11.5. The van der Waals surface area contributed by atoms with Crippen LogP contribution in [0.2, 0.25) is 10.0 Å². The molecule has 202 valence electrons. The van der Waals surface area contributed by atoms with Crippen molar-refractivity contribution >= 4 is 45.0 Å². The predicted octanol–water partition coefficient (Wildman–Crippen LogP) is 4.96. The molecule has 0 bridgehead atoms. The average molecular weight is 577 g/mol. The fraction of sp³-hybridized carbons (Fsp3) is 0.286. The largest absolute Gasteiger partial charge is 0.350 e. The molecule has 1 atom stereocenters. The third kappa shape index (κ3) is 8.56. The molecule has 0 fully saturated rings. The molecule has 0 spiro atoms. The first-order valence-electron chi connectivity index (χ1n) is 12.2. The summed E-state index contributed by atoms with van der Waals surface area (Å²) < 4.78 is 26.8. The molecular weight excluding hydrogens is 545 g/mol. The van der Waals surface area contributed by atoms with E-state index in [1.165, 1.54) is 12.1 Å². The maximum Gasteiger partial charge on any atom is 0.242 e. The zero-order valence-corrected chi connectivity index (χ0v) is 23.6. The van der Waals surface area contributed by atoms with Crippen LogP contribution in [0.3, 0.4) is 0 Å². The van der Waals surface area contributed by atoms with E-state index >= 15 is 0 Å². The van der Waals surface area contributed by atoms with Crippen molar-refractivity contribution in [3.63, 3.8) is 0 Å². The molecular formula is C28H31Cl2N3O4S. The van der Waals surface area contributed by atoms with Crippen molar-refractivity contribution in [2.75, 3.05) is 6.54 Å². The smallest absolute Gasteiger partial charge is 0.242 e. The summed E-state index contributed by atoms with van der Waals surface area (Å²) in [6, 6.07) is 20.0. The summed E-state index contributed by atoms with van der Waals surface area (Å²) in [5, 5.41) is 4.09. The summed E-state index contributed by atoms with van der Waals surface area (Å²) in [5.74, 6) is -0.473. The maximum atomic E-state index is 13.4. The molecule has 10 heteroatoms. The zero-order chi connectivity index (χ0) is 27.7. The number of nitrogens with one attached hydrogen (secondary N) is 2. The van der Waals surface area contributed by atoms with Gasteiger partial charge in [0, 0.05) is 36.1 Å². The molecule has 0 aliphatic heterocycles. The van der Waals surface area contributed by atoms with Crippen LogP contribution in [0.4, 0.5) is 0 Å².